The number of rotatable bonds is 6. The van der Waals surface area contributed by atoms with Crippen LogP contribution in [0.15, 0.2) is 48.0 Å². The predicted molar refractivity (Wildman–Crippen MR) is 117 cm³/mol. The Morgan fingerprint density at radius 3 is 2.62 bits per heavy atom. The third-order valence-corrected chi connectivity index (χ3v) is 6.06. The molecule has 4 rings (SSSR count). The average Bonchev–Trinajstić information content (AvgIpc) is 3.25. The van der Waals surface area contributed by atoms with Crippen molar-refractivity contribution in [3.05, 3.63) is 53.5 Å². The van der Waals surface area contributed by atoms with Gasteiger partial charge < -0.3 is 22.1 Å². The van der Waals surface area contributed by atoms with E-state index in [2.05, 4.69) is 26.7 Å². The summed E-state index contributed by atoms with van der Waals surface area (Å²) in [5.74, 6) is 0.238. The Morgan fingerprint density at radius 2 is 1.93 bits per heavy atom. The Kier molecular flexibility index (Phi) is 5.73. The van der Waals surface area contributed by atoms with Crippen LogP contribution in [-0.2, 0) is 0 Å². The van der Waals surface area contributed by atoms with E-state index in [1.807, 2.05) is 35.7 Å². The normalized spacial score (nSPS) is 18.9. The number of aromatic nitrogens is 2. The molecule has 2 atom stereocenters. The number of nitrogens with zero attached hydrogens (tertiary/aromatic N) is 2. The molecule has 1 aliphatic carbocycles. The van der Waals surface area contributed by atoms with E-state index in [-0.39, 0.29) is 17.6 Å². The molecule has 0 bridgehead atoms. The number of benzene rings is 1. The first-order valence-electron chi connectivity index (χ1n) is 9.70. The van der Waals surface area contributed by atoms with E-state index >= 15 is 0 Å². The molecule has 0 radical (unpaired) electrons. The smallest absolute Gasteiger partial charge is 0.254 e. The molecular weight excluding hydrogens is 384 g/mol. The predicted octanol–water partition coefficient (Wildman–Crippen LogP) is 3.73. The lowest BCUT2D eigenvalue weighted by Crippen LogP contribution is -2.43. The van der Waals surface area contributed by atoms with Gasteiger partial charge in [-0.2, -0.15) is 4.98 Å². The highest BCUT2D eigenvalue weighted by Gasteiger charge is 2.23. The first-order valence-corrected chi connectivity index (χ1v) is 10.6. The molecule has 2 aromatic heterocycles. The molecule has 7 nitrogen and oxygen atoms in total. The zero-order chi connectivity index (χ0) is 20.2. The summed E-state index contributed by atoms with van der Waals surface area (Å²) < 4.78 is 0. The van der Waals surface area contributed by atoms with Gasteiger partial charge >= 0.3 is 0 Å². The van der Waals surface area contributed by atoms with Crippen molar-refractivity contribution < 1.29 is 4.79 Å². The summed E-state index contributed by atoms with van der Waals surface area (Å²) in [4.78, 5) is 21.8. The standard InChI is InChI=1S/C21H24N6OS/c22-16-4-1-2-5-17(16)26-21-24-12-15(19(23)28)20(27-21)25-14-9-7-13(8-10-14)18-6-3-11-29-18/h3,6-12,16-17H,1-2,4-5,22H2,(H2,23,28)(H2,24,25,26,27)/t16-,17+/m0/s1. The molecule has 1 fully saturated rings. The number of nitrogens with two attached hydrogens (primary N) is 2. The Hall–Kier alpha value is -2.97. The number of carbonyl (C=O) groups is 1. The zero-order valence-corrected chi connectivity index (χ0v) is 16.8. The number of carbonyl (C=O) groups excluding carboxylic acids is 1. The Morgan fingerprint density at radius 1 is 1.14 bits per heavy atom. The molecule has 29 heavy (non-hydrogen) atoms. The van der Waals surface area contributed by atoms with Crippen LogP contribution in [0, 0.1) is 0 Å². The van der Waals surface area contributed by atoms with Gasteiger partial charge in [-0.15, -0.1) is 11.3 Å². The maximum Gasteiger partial charge on any atom is 0.254 e. The second kappa shape index (κ2) is 8.59. The number of nitrogens with one attached hydrogen (secondary N) is 2. The minimum absolute atomic E-state index is 0.0735. The quantitative estimate of drug-likeness (QED) is 0.493. The van der Waals surface area contributed by atoms with Gasteiger partial charge in [-0.05, 0) is 42.0 Å². The number of primary amides is 1. The molecular formula is C21H24N6OS. The van der Waals surface area contributed by atoms with Gasteiger partial charge in [-0.3, -0.25) is 4.79 Å². The Bertz CT molecular complexity index is 973. The van der Waals surface area contributed by atoms with Gasteiger partial charge in [0.15, 0.2) is 0 Å². The van der Waals surface area contributed by atoms with Crippen LogP contribution in [0.1, 0.15) is 36.0 Å². The Labute approximate surface area is 173 Å². The summed E-state index contributed by atoms with van der Waals surface area (Å²) in [5, 5.41) is 8.56. The monoisotopic (exact) mass is 408 g/mol. The van der Waals surface area contributed by atoms with Crippen molar-refractivity contribution in [3.8, 4) is 10.4 Å². The van der Waals surface area contributed by atoms with E-state index in [4.69, 9.17) is 11.5 Å². The largest absolute Gasteiger partial charge is 0.365 e. The lowest BCUT2D eigenvalue weighted by Gasteiger charge is -2.29. The van der Waals surface area contributed by atoms with Gasteiger partial charge in [0.25, 0.3) is 5.91 Å². The van der Waals surface area contributed by atoms with E-state index in [9.17, 15) is 4.79 Å². The summed E-state index contributed by atoms with van der Waals surface area (Å²) in [6.07, 6.45) is 5.70. The van der Waals surface area contributed by atoms with Crippen LogP contribution < -0.4 is 22.1 Å². The molecule has 0 aliphatic heterocycles. The molecule has 6 N–H and O–H groups in total. The molecule has 1 amide bonds. The van der Waals surface area contributed by atoms with Crippen molar-refractivity contribution in [2.45, 2.75) is 37.8 Å². The van der Waals surface area contributed by atoms with Crippen LogP contribution in [0.3, 0.4) is 0 Å². The molecule has 1 aliphatic rings. The first-order chi connectivity index (χ1) is 14.1. The summed E-state index contributed by atoms with van der Waals surface area (Å²) in [6, 6.07) is 12.3. The lowest BCUT2D eigenvalue weighted by atomic mass is 9.91. The molecule has 1 aromatic carbocycles. The van der Waals surface area contributed by atoms with Crippen molar-refractivity contribution in [3.63, 3.8) is 0 Å². The number of amides is 1. The summed E-state index contributed by atoms with van der Waals surface area (Å²) in [5.41, 5.74) is 13.9. The van der Waals surface area contributed by atoms with Crippen LogP contribution in [0.2, 0.25) is 0 Å². The lowest BCUT2D eigenvalue weighted by molar-refractivity contribution is 0.100. The molecule has 2 heterocycles. The van der Waals surface area contributed by atoms with Crippen LogP contribution >= 0.6 is 11.3 Å². The minimum atomic E-state index is -0.580. The van der Waals surface area contributed by atoms with E-state index in [1.54, 1.807) is 11.3 Å². The fourth-order valence-corrected chi connectivity index (χ4v) is 4.26. The van der Waals surface area contributed by atoms with Crippen molar-refractivity contribution in [1.29, 1.82) is 0 Å². The fourth-order valence-electron chi connectivity index (χ4n) is 3.53. The number of thiophene rings is 1. The number of hydrogen-bond donors (Lipinski definition) is 4. The second-order valence-electron chi connectivity index (χ2n) is 7.20. The van der Waals surface area contributed by atoms with Crippen molar-refractivity contribution in [2.75, 3.05) is 10.6 Å². The molecule has 0 saturated heterocycles. The SMILES string of the molecule is NC(=O)c1cnc(N[C@@H]2CCCC[C@@H]2N)nc1Nc1ccc(-c2cccs2)cc1. The maximum atomic E-state index is 11.8. The molecule has 150 valence electrons. The average molecular weight is 409 g/mol. The van der Waals surface area contributed by atoms with Gasteiger partial charge in [0.05, 0.1) is 0 Å². The number of hydrogen-bond acceptors (Lipinski definition) is 7. The topological polar surface area (TPSA) is 119 Å². The highest BCUT2D eigenvalue weighted by atomic mass is 32.1. The molecule has 3 aromatic rings. The van der Waals surface area contributed by atoms with Crippen LogP contribution in [0.5, 0.6) is 0 Å². The fraction of sp³-hybridized carbons (Fsp3) is 0.286. The minimum Gasteiger partial charge on any atom is -0.365 e. The molecule has 8 heteroatoms. The summed E-state index contributed by atoms with van der Waals surface area (Å²) in [6.45, 7) is 0. The summed E-state index contributed by atoms with van der Waals surface area (Å²) >= 11 is 1.69. The first kappa shape index (κ1) is 19.4. The van der Waals surface area contributed by atoms with E-state index in [1.165, 1.54) is 11.1 Å². The highest BCUT2D eigenvalue weighted by molar-refractivity contribution is 7.13. The Balaban J connectivity index is 1.55. The second-order valence-corrected chi connectivity index (χ2v) is 8.15. The van der Waals surface area contributed by atoms with Crippen LogP contribution in [0.25, 0.3) is 10.4 Å². The van der Waals surface area contributed by atoms with Crippen LogP contribution in [-0.4, -0.2) is 28.0 Å². The summed E-state index contributed by atoms with van der Waals surface area (Å²) in [7, 11) is 0. The zero-order valence-electron chi connectivity index (χ0n) is 16.0. The van der Waals surface area contributed by atoms with Gasteiger partial charge in [-0.25, -0.2) is 4.98 Å². The molecule has 0 spiro atoms. The number of anilines is 3. The van der Waals surface area contributed by atoms with Crippen molar-refractivity contribution in [1.82, 2.24) is 9.97 Å². The molecule has 0 unspecified atom stereocenters. The van der Waals surface area contributed by atoms with Crippen molar-refractivity contribution >= 4 is 34.7 Å². The molecule has 1 saturated carbocycles. The van der Waals surface area contributed by atoms with Gasteiger partial charge in [0.2, 0.25) is 5.95 Å². The van der Waals surface area contributed by atoms with E-state index < -0.39 is 5.91 Å². The highest BCUT2D eigenvalue weighted by Crippen LogP contribution is 2.27. The maximum absolute atomic E-state index is 11.8. The van der Waals surface area contributed by atoms with Crippen molar-refractivity contribution in [2.24, 2.45) is 11.5 Å². The third-order valence-electron chi connectivity index (χ3n) is 5.14. The van der Waals surface area contributed by atoms with Crippen LogP contribution in [0.4, 0.5) is 17.5 Å². The van der Waals surface area contributed by atoms with E-state index in [0.717, 1.165) is 36.9 Å². The van der Waals surface area contributed by atoms with Gasteiger partial charge in [0.1, 0.15) is 11.4 Å². The van der Waals surface area contributed by atoms with Gasteiger partial charge in [0, 0.05) is 28.8 Å². The van der Waals surface area contributed by atoms with E-state index in [0.29, 0.717) is 11.8 Å². The third kappa shape index (κ3) is 4.55. The van der Waals surface area contributed by atoms with Gasteiger partial charge in [-0.1, -0.05) is 31.0 Å².